The maximum Gasteiger partial charge on any atom is 0.0184 e. The number of halogens is 1. The molecule has 0 amide bonds. The van der Waals surface area contributed by atoms with E-state index < -0.39 is 0 Å². The molecule has 2 fully saturated rings. The Morgan fingerprint density at radius 3 is 1.89 bits per heavy atom. The van der Waals surface area contributed by atoms with E-state index in [1.54, 1.807) is 0 Å². The number of rotatable bonds is 1. The van der Waals surface area contributed by atoms with Crippen molar-refractivity contribution in [2.24, 2.45) is 11.7 Å². The first-order chi connectivity index (χ1) is 3.81. The lowest BCUT2D eigenvalue weighted by molar-refractivity contribution is 0.248. The predicted octanol–water partition coefficient (Wildman–Crippen LogP) is 1.70. The van der Waals surface area contributed by atoms with Crippen LogP contribution in [0.15, 0.2) is 0 Å². The van der Waals surface area contributed by atoms with Crippen LogP contribution in [0, 0.1) is 5.92 Å². The summed E-state index contributed by atoms with van der Waals surface area (Å²) in [5, 5.41) is 0. The molecule has 2 rings (SSSR count). The Morgan fingerprint density at radius 1 is 1.22 bits per heavy atom. The fourth-order valence-electron chi connectivity index (χ4n) is 1.54. The van der Waals surface area contributed by atoms with Crippen molar-refractivity contribution in [3.05, 3.63) is 0 Å². The maximum absolute atomic E-state index is 5.95. The molecule has 2 aliphatic rings. The maximum atomic E-state index is 5.95. The molecule has 0 unspecified atom stereocenters. The highest BCUT2D eigenvalue weighted by molar-refractivity contribution is 5.85. The number of hydrogen-bond donors (Lipinski definition) is 1. The Morgan fingerprint density at radius 2 is 1.78 bits per heavy atom. The van der Waals surface area contributed by atoms with E-state index in [1.165, 1.54) is 32.1 Å². The molecule has 0 bridgehead atoms. The molecular formula is C7H14ClN. The normalized spacial score (nSPS) is 30.3. The second-order valence-electron chi connectivity index (χ2n) is 3.36. The first kappa shape index (κ1) is 7.36. The van der Waals surface area contributed by atoms with Gasteiger partial charge in [0.25, 0.3) is 0 Å². The van der Waals surface area contributed by atoms with Gasteiger partial charge < -0.3 is 5.73 Å². The highest BCUT2D eigenvalue weighted by Gasteiger charge is 2.47. The molecule has 0 aromatic rings. The zero-order valence-electron chi connectivity index (χ0n) is 5.60. The Hall–Kier alpha value is 0.250. The van der Waals surface area contributed by atoms with Crippen LogP contribution in [0.2, 0.25) is 0 Å². The summed E-state index contributed by atoms with van der Waals surface area (Å²) in [6, 6.07) is 0. The molecule has 0 heterocycles. The van der Waals surface area contributed by atoms with Crippen molar-refractivity contribution >= 4 is 12.4 Å². The van der Waals surface area contributed by atoms with Crippen LogP contribution in [0.25, 0.3) is 0 Å². The van der Waals surface area contributed by atoms with Crippen molar-refractivity contribution in [1.82, 2.24) is 0 Å². The minimum atomic E-state index is 0. The molecule has 9 heavy (non-hydrogen) atoms. The Bertz CT molecular complexity index is 105. The minimum Gasteiger partial charge on any atom is -0.325 e. The summed E-state index contributed by atoms with van der Waals surface area (Å²) in [4.78, 5) is 0. The smallest absolute Gasteiger partial charge is 0.0184 e. The summed E-state index contributed by atoms with van der Waals surface area (Å²) in [5.41, 5.74) is 6.30. The average Bonchev–Trinajstić information content (AvgIpc) is 2.12. The van der Waals surface area contributed by atoms with E-state index in [4.69, 9.17) is 5.73 Å². The molecule has 2 saturated carbocycles. The Kier molecular flexibility index (Phi) is 1.75. The van der Waals surface area contributed by atoms with Crippen LogP contribution in [0.3, 0.4) is 0 Å². The molecule has 0 aliphatic heterocycles. The van der Waals surface area contributed by atoms with Crippen LogP contribution in [-0.2, 0) is 0 Å². The summed E-state index contributed by atoms with van der Waals surface area (Å²) >= 11 is 0. The average molecular weight is 148 g/mol. The van der Waals surface area contributed by atoms with Gasteiger partial charge in [0.05, 0.1) is 0 Å². The summed E-state index contributed by atoms with van der Waals surface area (Å²) < 4.78 is 0. The van der Waals surface area contributed by atoms with Gasteiger partial charge in [-0.1, -0.05) is 6.42 Å². The predicted molar refractivity (Wildman–Crippen MR) is 40.7 cm³/mol. The molecule has 0 aromatic heterocycles. The Balaban J connectivity index is 0.000000405. The second kappa shape index (κ2) is 2.14. The van der Waals surface area contributed by atoms with Crippen molar-refractivity contribution in [3.63, 3.8) is 0 Å². The lowest BCUT2D eigenvalue weighted by Gasteiger charge is -2.31. The van der Waals surface area contributed by atoms with E-state index in [0.29, 0.717) is 5.54 Å². The summed E-state index contributed by atoms with van der Waals surface area (Å²) in [6.07, 6.45) is 6.87. The quantitative estimate of drug-likeness (QED) is 0.601. The monoisotopic (exact) mass is 147 g/mol. The van der Waals surface area contributed by atoms with Gasteiger partial charge in [-0.05, 0) is 31.6 Å². The highest BCUT2D eigenvalue weighted by atomic mass is 35.5. The molecular weight excluding hydrogens is 134 g/mol. The number of hydrogen-bond acceptors (Lipinski definition) is 1. The van der Waals surface area contributed by atoms with Crippen molar-refractivity contribution in [3.8, 4) is 0 Å². The van der Waals surface area contributed by atoms with Crippen LogP contribution in [0.5, 0.6) is 0 Å². The zero-order chi connectivity index (χ0) is 5.61. The van der Waals surface area contributed by atoms with Gasteiger partial charge in [0.2, 0.25) is 0 Å². The largest absolute Gasteiger partial charge is 0.325 e. The first-order valence-corrected chi connectivity index (χ1v) is 3.60. The standard InChI is InChI=1S/C7H13N.ClH/c8-7(4-5-7)6-2-1-3-6;/h6H,1-5,8H2;1H. The van der Waals surface area contributed by atoms with Crippen molar-refractivity contribution in [1.29, 1.82) is 0 Å². The van der Waals surface area contributed by atoms with E-state index >= 15 is 0 Å². The molecule has 54 valence electrons. The van der Waals surface area contributed by atoms with Gasteiger partial charge in [-0.2, -0.15) is 0 Å². The minimum absolute atomic E-state index is 0. The fourth-order valence-corrected chi connectivity index (χ4v) is 1.54. The van der Waals surface area contributed by atoms with E-state index in [2.05, 4.69) is 0 Å². The third-order valence-corrected chi connectivity index (χ3v) is 2.75. The van der Waals surface area contributed by atoms with Gasteiger partial charge >= 0.3 is 0 Å². The first-order valence-electron chi connectivity index (χ1n) is 3.60. The molecule has 2 aliphatic carbocycles. The SMILES string of the molecule is Cl.NC1(C2CCC2)CC1. The van der Waals surface area contributed by atoms with Crippen molar-refractivity contribution in [2.75, 3.05) is 0 Å². The van der Waals surface area contributed by atoms with Crippen LogP contribution in [-0.4, -0.2) is 5.54 Å². The summed E-state index contributed by atoms with van der Waals surface area (Å²) in [5.74, 6) is 0.919. The van der Waals surface area contributed by atoms with Gasteiger partial charge in [0.1, 0.15) is 0 Å². The molecule has 0 saturated heterocycles. The molecule has 0 aromatic carbocycles. The molecule has 2 heteroatoms. The van der Waals surface area contributed by atoms with Gasteiger partial charge in [0.15, 0.2) is 0 Å². The molecule has 0 spiro atoms. The summed E-state index contributed by atoms with van der Waals surface area (Å²) in [6.45, 7) is 0. The number of nitrogens with two attached hydrogens (primary N) is 1. The van der Waals surface area contributed by atoms with E-state index in [-0.39, 0.29) is 12.4 Å². The lowest BCUT2D eigenvalue weighted by atomic mass is 9.78. The van der Waals surface area contributed by atoms with Gasteiger partial charge in [-0.15, -0.1) is 12.4 Å². The molecule has 0 atom stereocenters. The van der Waals surface area contributed by atoms with E-state index in [1.807, 2.05) is 0 Å². The second-order valence-corrected chi connectivity index (χ2v) is 3.36. The van der Waals surface area contributed by atoms with Gasteiger partial charge in [-0.25, -0.2) is 0 Å². The molecule has 0 radical (unpaired) electrons. The lowest BCUT2D eigenvalue weighted by Crippen LogP contribution is -2.36. The van der Waals surface area contributed by atoms with Gasteiger partial charge in [-0.3, -0.25) is 0 Å². The Labute approximate surface area is 62.4 Å². The fraction of sp³-hybridized carbons (Fsp3) is 1.00. The topological polar surface area (TPSA) is 26.0 Å². The van der Waals surface area contributed by atoms with E-state index in [0.717, 1.165) is 5.92 Å². The zero-order valence-corrected chi connectivity index (χ0v) is 6.41. The van der Waals surface area contributed by atoms with Crippen molar-refractivity contribution in [2.45, 2.75) is 37.6 Å². The van der Waals surface area contributed by atoms with E-state index in [9.17, 15) is 0 Å². The summed E-state index contributed by atoms with van der Waals surface area (Å²) in [7, 11) is 0. The highest BCUT2D eigenvalue weighted by Crippen LogP contribution is 2.48. The van der Waals surface area contributed by atoms with Gasteiger partial charge in [0, 0.05) is 5.54 Å². The van der Waals surface area contributed by atoms with Crippen LogP contribution in [0.4, 0.5) is 0 Å². The van der Waals surface area contributed by atoms with Crippen molar-refractivity contribution < 1.29 is 0 Å². The third kappa shape index (κ3) is 1.08. The molecule has 2 N–H and O–H groups in total. The van der Waals surface area contributed by atoms with Crippen LogP contribution < -0.4 is 5.73 Å². The van der Waals surface area contributed by atoms with Crippen LogP contribution in [0.1, 0.15) is 32.1 Å². The molecule has 1 nitrogen and oxygen atoms in total. The van der Waals surface area contributed by atoms with Crippen LogP contribution >= 0.6 is 12.4 Å². The third-order valence-electron chi connectivity index (χ3n) is 2.75.